The molecule has 0 spiro atoms. The minimum atomic E-state index is -3.76. The molecule has 138 valence electrons. The van der Waals surface area contributed by atoms with Crippen LogP contribution in [0.4, 0.5) is 0 Å². The number of rotatable bonds is 4. The highest BCUT2D eigenvalue weighted by molar-refractivity contribution is 9.10. The van der Waals surface area contributed by atoms with Crippen LogP contribution in [-0.4, -0.2) is 30.6 Å². The normalized spacial score (nSPS) is 20.7. The van der Waals surface area contributed by atoms with Crippen molar-refractivity contribution in [3.05, 3.63) is 74.7 Å². The molecular weight excluding hydrogens is 434 g/mol. The molecule has 0 fully saturated rings. The summed E-state index contributed by atoms with van der Waals surface area (Å²) < 4.78 is 28.7. The topological polar surface area (TPSA) is 57.6 Å². The molecule has 7 heteroatoms. The fourth-order valence-electron chi connectivity index (χ4n) is 3.33. The first-order chi connectivity index (χ1) is 12.2. The molecule has 1 heterocycles. The van der Waals surface area contributed by atoms with Crippen molar-refractivity contribution in [2.45, 2.75) is 24.3 Å². The van der Waals surface area contributed by atoms with Gasteiger partial charge >= 0.3 is 0 Å². The van der Waals surface area contributed by atoms with Crippen LogP contribution in [0.15, 0.2) is 68.5 Å². The molecule has 0 aromatic heterocycles. The van der Waals surface area contributed by atoms with Gasteiger partial charge in [0.2, 0.25) is 0 Å². The summed E-state index contributed by atoms with van der Waals surface area (Å²) in [6.07, 6.45) is 1.85. The summed E-state index contributed by atoms with van der Waals surface area (Å²) in [7, 11) is -3.76. The Morgan fingerprint density at radius 2 is 1.85 bits per heavy atom. The molecular formula is C19H20BrNO3S2. The van der Waals surface area contributed by atoms with Gasteiger partial charge in [0.1, 0.15) is 5.60 Å². The maximum Gasteiger partial charge on any atom is 0.264 e. The third kappa shape index (κ3) is 3.11. The molecule has 4 nitrogen and oxygen atoms in total. The third-order valence-corrected chi connectivity index (χ3v) is 8.15. The average molecular weight is 454 g/mol. The molecule has 2 aromatic carbocycles. The van der Waals surface area contributed by atoms with Crippen LogP contribution in [0.2, 0.25) is 0 Å². The fraction of sp³-hybridized carbons (Fsp3) is 0.263. The Hall–Kier alpha value is -1.28. The largest absolute Gasteiger partial charge is 0.378 e. The van der Waals surface area contributed by atoms with Gasteiger partial charge in [-0.15, -0.1) is 11.8 Å². The Balaban J connectivity index is 2.13. The van der Waals surface area contributed by atoms with Gasteiger partial charge in [0, 0.05) is 15.1 Å². The molecule has 0 bridgehead atoms. The lowest BCUT2D eigenvalue weighted by Crippen LogP contribution is -2.36. The van der Waals surface area contributed by atoms with Gasteiger partial charge in [-0.2, -0.15) is 0 Å². The molecule has 2 aromatic rings. The van der Waals surface area contributed by atoms with Gasteiger partial charge in [-0.25, -0.2) is 8.42 Å². The van der Waals surface area contributed by atoms with Crippen molar-refractivity contribution >= 4 is 37.7 Å². The Morgan fingerprint density at radius 1 is 1.15 bits per heavy atom. The van der Waals surface area contributed by atoms with E-state index in [0.717, 1.165) is 4.47 Å². The number of nitrogens with zero attached hydrogens (tertiary/aromatic N) is 1. The zero-order valence-corrected chi connectivity index (χ0v) is 18.0. The Labute approximate surface area is 167 Å². The standard InChI is InChI=1S/C19H20BrNO3S2/c1-13-7-4-5-10-17(13)26(23,24)21-12-19(22,18(25-3)14(21)2)15-8-6-9-16(20)11-15/h4-11,22H,12H2,1-3H3. The first-order valence-corrected chi connectivity index (χ1v) is 11.5. The van der Waals surface area contributed by atoms with Crippen molar-refractivity contribution in [1.82, 2.24) is 4.31 Å². The van der Waals surface area contributed by atoms with E-state index in [2.05, 4.69) is 15.9 Å². The van der Waals surface area contributed by atoms with Crippen LogP contribution in [0.1, 0.15) is 18.1 Å². The Kier molecular flexibility index (Phi) is 5.27. The van der Waals surface area contributed by atoms with Gasteiger partial charge in [0.25, 0.3) is 10.0 Å². The number of hydrogen-bond donors (Lipinski definition) is 1. The van der Waals surface area contributed by atoms with E-state index in [1.54, 1.807) is 32.0 Å². The van der Waals surface area contributed by atoms with Crippen LogP contribution >= 0.6 is 27.7 Å². The van der Waals surface area contributed by atoms with Crippen LogP contribution in [0, 0.1) is 6.92 Å². The smallest absolute Gasteiger partial charge is 0.264 e. The molecule has 0 saturated heterocycles. The van der Waals surface area contributed by atoms with Crippen molar-refractivity contribution in [2.24, 2.45) is 0 Å². The van der Waals surface area contributed by atoms with Gasteiger partial charge < -0.3 is 5.11 Å². The lowest BCUT2D eigenvalue weighted by molar-refractivity contribution is 0.0860. The highest BCUT2D eigenvalue weighted by atomic mass is 79.9. The van der Waals surface area contributed by atoms with Crippen molar-refractivity contribution in [1.29, 1.82) is 0 Å². The van der Waals surface area contributed by atoms with Gasteiger partial charge in [0.05, 0.1) is 11.4 Å². The quantitative estimate of drug-likeness (QED) is 0.751. The second kappa shape index (κ2) is 7.03. The third-order valence-electron chi connectivity index (χ3n) is 4.62. The molecule has 0 aliphatic carbocycles. The number of thioether (sulfide) groups is 1. The number of aryl methyl sites for hydroxylation is 1. The summed E-state index contributed by atoms with van der Waals surface area (Å²) >= 11 is 4.80. The number of β-amino-alcohol motifs (C(OH)–C–C–N with tert-alkyl or cyclic N) is 1. The number of halogens is 1. The predicted molar refractivity (Wildman–Crippen MR) is 109 cm³/mol. The van der Waals surface area contributed by atoms with E-state index in [0.29, 0.717) is 21.7 Å². The van der Waals surface area contributed by atoms with E-state index >= 15 is 0 Å². The number of hydrogen-bond acceptors (Lipinski definition) is 4. The van der Waals surface area contributed by atoms with Crippen LogP contribution in [0.25, 0.3) is 0 Å². The molecule has 3 rings (SSSR count). The van der Waals surface area contributed by atoms with Crippen molar-refractivity contribution in [3.8, 4) is 0 Å². The molecule has 0 saturated carbocycles. The van der Waals surface area contributed by atoms with Crippen LogP contribution in [0.3, 0.4) is 0 Å². The van der Waals surface area contributed by atoms with Crippen LogP contribution < -0.4 is 0 Å². The molecule has 0 radical (unpaired) electrons. The monoisotopic (exact) mass is 453 g/mol. The maximum absolute atomic E-state index is 13.3. The molecule has 1 atom stereocenters. The molecule has 1 aliphatic rings. The number of benzene rings is 2. The van der Waals surface area contributed by atoms with Gasteiger partial charge in [-0.05, 0) is 49.4 Å². The zero-order chi connectivity index (χ0) is 19.1. The zero-order valence-electron chi connectivity index (χ0n) is 14.7. The fourth-order valence-corrected chi connectivity index (χ4v) is 6.48. The summed E-state index contributed by atoms with van der Waals surface area (Å²) in [5.41, 5.74) is 0.536. The molecule has 1 unspecified atom stereocenters. The van der Waals surface area contributed by atoms with Crippen LogP contribution in [-0.2, 0) is 15.6 Å². The molecule has 26 heavy (non-hydrogen) atoms. The van der Waals surface area contributed by atoms with E-state index in [1.807, 2.05) is 36.6 Å². The SMILES string of the molecule is CSC1=C(C)N(S(=O)(=O)c2ccccc2C)CC1(O)c1cccc(Br)c1. The van der Waals surface area contributed by atoms with Gasteiger partial charge in [-0.1, -0.05) is 46.3 Å². The van der Waals surface area contributed by atoms with Gasteiger partial charge in [0.15, 0.2) is 0 Å². The lowest BCUT2D eigenvalue weighted by atomic mass is 9.95. The van der Waals surface area contributed by atoms with Gasteiger partial charge in [-0.3, -0.25) is 4.31 Å². The Morgan fingerprint density at radius 3 is 2.46 bits per heavy atom. The predicted octanol–water partition coefficient (Wildman–Crippen LogP) is 4.24. The number of allylic oxidation sites excluding steroid dienone is 1. The highest BCUT2D eigenvalue weighted by Crippen LogP contribution is 2.47. The summed E-state index contributed by atoms with van der Waals surface area (Å²) in [6, 6.07) is 14.3. The molecule has 0 amide bonds. The second-order valence-electron chi connectivity index (χ2n) is 6.27. The summed E-state index contributed by atoms with van der Waals surface area (Å²) in [6.45, 7) is 3.48. The van der Waals surface area contributed by atoms with Crippen LogP contribution in [0.5, 0.6) is 0 Å². The lowest BCUT2D eigenvalue weighted by Gasteiger charge is -2.27. The minimum absolute atomic E-state index is 0.0396. The van der Waals surface area contributed by atoms with E-state index in [-0.39, 0.29) is 11.4 Å². The van der Waals surface area contributed by atoms with E-state index in [9.17, 15) is 13.5 Å². The minimum Gasteiger partial charge on any atom is -0.378 e. The number of sulfonamides is 1. The van der Waals surface area contributed by atoms with E-state index in [1.165, 1.54) is 16.1 Å². The first-order valence-electron chi connectivity index (χ1n) is 8.04. The Bertz CT molecular complexity index is 988. The summed E-state index contributed by atoms with van der Waals surface area (Å²) in [4.78, 5) is 0.908. The van der Waals surface area contributed by atoms with Crippen molar-refractivity contribution < 1.29 is 13.5 Å². The molecule has 1 aliphatic heterocycles. The summed E-state index contributed by atoms with van der Waals surface area (Å²) in [5.74, 6) is 0. The first kappa shape index (κ1) is 19.5. The number of aliphatic hydroxyl groups is 1. The van der Waals surface area contributed by atoms with Crippen molar-refractivity contribution in [2.75, 3.05) is 12.8 Å². The average Bonchev–Trinajstić information content (AvgIpc) is 2.87. The maximum atomic E-state index is 13.3. The van der Waals surface area contributed by atoms with Crippen molar-refractivity contribution in [3.63, 3.8) is 0 Å². The second-order valence-corrected chi connectivity index (χ2v) is 9.83. The highest BCUT2D eigenvalue weighted by Gasteiger charge is 2.47. The van der Waals surface area contributed by atoms with E-state index < -0.39 is 15.6 Å². The summed E-state index contributed by atoms with van der Waals surface area (Å²) in [5, 5.41) is 11.5. The molecule has 1 N–H and O–H groups in total. The van der Waals surface area contributed by atoms with E-state index in [4.69, 9.17) is 0 Å².